The van der Waals surface area contributed by atoms with E-state index in [0.717, 1.165) is 25.1 Å². The van der Waals surface area contributed by atoms with Crippen molar-refractivity contribution in [3.63, 3.8) is 0 Å². The van der Waals surface area contributed by atoms with Crippen LogP contribution in [-0.4, -0.2) is 57.2 Å². The number of ether oxygens (including phenoxy) is 3. The molecule has 6 nitrogen and oxygen atoms in total. The molecule has 1 aliphatic carbocycles. The van der Waals surface area contributed by atoms with Crippen LogP contribution >= 0.6 is 0 Å². The minimum absolute atomic E-state index is 0.102. The Bertz CT molecular complexity index is 1270. The number of allylic oxidation sites excluding steroid dienone is 1. The van der Waals surface area contributed by atoms with Gasteiger partial charge in [-0.25, -0.2) is 0 Å². The fourth-order valence-electron chi connectivity index (χ4n) is 5.03. The summed E-state index contributed by atoms with van der Waals surface area (Å²) in [6.07, 6.45) is 3.14. The van der Waals surface area contributed by atoms with Crippen LogP contribution in [0.2, 0.25) is 0 Å². The van der Waals surface area contributed by atoms with Gasteiger partial charge < -0.3 is 19.5 Å². The molecular formula is C32H33NO5. The number of hydrogen-bond donors (Lipinski definition) is 1. The standard InChI is InChI=1S/C32H33NO5/c34-30-20-25(32(35)29-9-5-4-8-28(29)30)22-38-31-21-33-16-14-27(31)24-10-12-26(13-11-24)37-19-18-36-17-15-23-6-2-1-3-7-23/h1-13,20,27,31,33H,14-19,21-22H2. The van der Waals surface area contributed by atoms with Crippen molar-refractivity contribution in [2.45, 2.75) is 24.9 Å². The second kappa shape index (κ2) is 12.8. The van der Waals surface area contributed by atoms with E-state index < -0.39 is 0 Å². The lowest BCUT2D eigenvalue weighted by atomic mass is 9.87. The second-order valence-corrected chi connectivity index (χ2v) is 9.62. The minimum atomic E-state index is -0.144. The first-order chi connectivity index (χ1) is 18.7. The van der Waals surface area contributed by atoms with E-state index in [1.807, 2.05) is 30.3 Å². The van der Waals surface area contributed by atoms with Gasteiger partial charge in [0.2, 0.25) is 0 Å². The Kier molecular flexibility index (Phi) is 8.76. The van der Waals surface area contributed by atoms with Gasteiger partial charge in [0.25, 0.3) is 0 Å². The zero-order valence-corrected chi connectivity index (χ0v) is 21.4. The molecule has 1 fully saturated rings. The Morgan fingerprint density at radius 3 is 2.39 bits per heavy atom. The molecule has 1 heterocycles. The maximum atomic E-state index is 12.9. The van der Waals surface area contributed by atoms with E-state index in [1.54, 1.807) is 24.3 Å². The average Bonchev–Trinajstić information content (AvgIpc) is 2.97. The highest BCUT2D eigenvalue weighted by Gasteiger charge is 2.30. The number of benzene rings is 3. The third-order valence-electron chi connectivity index (χ3n) is 7.10. The summed E-state index contributed by atoms with van der Waals surface area (Å²) >= 11 is 0. The Morgan fingerprint density at radius 2 is 1.58 bits per heavy atom. The van der Waals surface area contributed by atoms with Crippen molar-refractivity contribution in [3.05, 3.63) is 113 Å². The summed E-state index contributed by atoms with van der Waals surface area (Å²) < 4.78 is 17.8. The Hall–Kier alpha value is -3.58. The van der Waals surface area contributed by atoms with E-state index in [1.165, 1.54) is 17.2 Å². The first-order valence-electron chi connectivity index (χ1n) is 13.2. The molecule has 196 valence electrons. The number of ketones is 2. The fourth-order valence-corrected chi connectivity index (χ4v) is 5.03. The second-order valence-electron chi connectivity index (χ2n) is 9.62. The quantitative estimate of drug-likeness (QED) is 0.373. The zero-order chi connectivity index (χ0) is 26.2. The van der Waals surface area contributed by atoms with Crippen LogP contribution in [0.3, 0.4) is 0 Å². The van der Waals surface area contributed by atoms with Crippen molar-refractivity contribution >= 4 is 11.6 Å². The number of carbonyl (C=O) groups excluding carboxylic acids is 2. The molecule has 3 aromatic rings. The number of carbonyl (C=O) groups is 2. The van der Waals surface area contributed by atoms with Crippen molar-refractivity contribution in [2.24, 2.45) is 0 Å². The predicted molar refractivity (Wildman–Crippen MR) is 146 cm³/mol. The van der Waals surface area contributed by atoms with Gasteiger partial charge in [0.05, 0.1) is 25.9 Å². The van der Waals surface area contributed by atoms with Crippen molar-refractivity contribution in [2.75, 3.05) is 39.5 Å². The Morgan fingerprint density at radius 1 is 0.816 bits per heavy atom. The molecule has 0 aromatic heterocycles. The van der Waals surface area contributed by atoms with Gasteiger partial charge in [-0.15, -0.1) is 0 Å². The summed E-state index contributed by atoms with van der Waals surface area (Å²) in [5.41, 5.74) is 3.76. The van der Waals surface area contributed by atoms with Gasteiger partial charge in [-0.3, -0.25) is 9.59 Å². The van der Waals surface area contributed by atoms with E-state index in [2.05, 4.69) is 29.6 Å². The highest BCUT2D eigenvalue weighted by molar-refractivity contribution is 6.24. The van der Waals surface area contributed by atoms with Crippen LogP contribution in [0.5, 0.6) is 5.75 Å². The van der Waals surface area contributed by atoms with Crippen LogP contribution in [0.1, 0.15) is 44.2 Å². The molecule has 0 saturated carbocycles. The van der Waals surface area contributed by atoms with Crippen LogP contribution in [-0.2, 0) is 15.9 Å². The maximum absolute atomic E-state index is 12.9. The normalized spacial score (nSPS) is 19.1. The molecule has 0 spiro atoms. The summed E-state index contributed by atoms with van der Waals surface area (Å²) in [6, 6.07) is 25.4. The smallest absolute Gasteiger partial charge is 0.192 e. The largest absolute Gasteiger partial charge is 0.491 e. The molecule has 6 heteroatoms. The number of nitrogens with one attached hydrogen (secondary N) is 1. The van der Waals surface area contributed by atoms with Gasteiger partial charge in [-0.1, -0.05) is 66.7 Å². The number of piperidine rings is 1. The van der Waals surface area contributed by atoms with Gasteiger partial charge in [-0.05, 0) is 48.7 Å². The van der Waals surface area contributed by atoms with E-state index in [4.69, 9.17) is 14.2 Å². The van der Waals surface area contributed by atoms with Crippen molar-refractivity contribution in [1.29, 1.82) is 0 Å². The minimum Gasteiger partial charge on any atom is -0.491 e. The molecule has 3 aromatic carbocycles. The summed E-state index contributed by atoms with van der Waals surface area (Å²) in [6.45, 7) is 3.42. The van der Waals surface area contributed by atoms with E-state index in [0.29, 0.717) is 43.1 Å². The molecule has 2 aliphatic rings. The highest BCUT2D eigenvalue weighted by atomic mass is 16.5. The van der Waals surface area contributed by atoms with E-state index >= 15 is 0 Å². The third kappa shape index (κ3) is 6.45. The average molecular weight is 512 g/mol. The van der Waals surface area contributed by atoms with Gasteiger partial charge in [0, 0.05) is 29.2 Å². The van der Waals surface area contributed by atoms with Crippen LogP contribution in [0.4, 0.5) is 0 Å². The van der Waals surface area contributed by atoms with Gasteiger partial charge in [-0.2, -0.15) is 0 Å². The molecule has 1 saturated heterocycles. The molecule has 5 rings (SSSR count). The molecule has 1 aliphatic heterocycles. The van der Waals surface area contributed by atoms with Gasteiger partial charge in [0.1, 0.15) is 12.4 Å². The molecule has 0 radical (unpaired) electrons. The Labute approximate surface area is 223 Å². The lowest BCUT2D eigenvalue weighted by molar-refractivity contribution is 0.0342. The van der Waals surface area contributed by atoms with Gasteiger partial charge >= 0.3 is 0 Å². The van der Waals surface area contributed by atoms with E-state index in [9.17, 15) is 9.59 Å². The third-order valence-corrected chi connectivity index (χ3v) is 7.10. The molecule has 0 amide bonds. The lowest BCUT2D eigenvalue weighted by Crippen LogP contribution is -2.41. The molecule has 1 N–H and O–H groups in total. The number of hydrogen-bond acceptors (Lipinski definition) is 6. The van der Waals surface area contributed by atoms with Crippen LogP contribution in [0.15, 0.2) is 90.5 Å². The molecule has 2 unspecified atom stereocenters. The first-order valence-corrected chi connectivity index (χ1v) is 13.2. The number of Topliss-reactive ketones (excluding diaryl/α,β-unsaturated/α-hetero) is 1. The maximum Gasteiger partial charge on any atom is 0.192 e. The molecule has 2 atom stereocenters. The topological polar surface area (TPSA) is 73.9 Å². The van der Waals surface area contributed by atoms with Crippen LogP contribution < -0.4 is 10.1 Å². The summed E-state index contributed by atoms with van der Waals surface area (Å²) in [7, 11) is 0. The summed E-state index contributed by atoms with van der Waals surface area (Å²) in [4.78, 5) is 25.4. The Balaban J connectivity index is 1.10. The van der Waals surface area contributed by atoms with Gasteiger partial charge in [0.15, 0.2) is 11.6 Å². The summed E-state index contributed by atoms with van der Waals surface area (Å²) in [5.74, 6) is 0.719. The highest BCUT2D eigenvalue weighted by Crippen LogP contribution is 2.30. The molecule has 0 bridgehead atoms. The van der Waals surface area contributed by atoms with Crippen LogP contribution in [0, 0.1) is 0 Å². The zero-order valence-electron chi connectivity index (χ0n) is 21.4. The van der Waals surface area contributed by atoms with Crippen molar-refractivity contribution < 1.29 is 23.8 Å². The SMILES string of the molecule is O=C1C=C(COC2CNCCC2c2ccc(OCCOCCc3ccccc3)cc2)C(=O)c2ccccc21. The lowest BCUT2D eigenvalue weighted by Gasteiger charge is -2.33. The van der Waals surface area contributed by atoms with Crippen molar-refractivity contribution in [3.8, 4) is 5.75 Å². The van der Waals surface area contributed by atoms with E-state index in [-0.39, 0.29) is 30.2 Å². The molecule has 38 heavy (non-hydrogen) atoms. The fraction of sp³-hybridized carbons (Fsp3) is 0.312. The number of fused-ring (bicyclic) bond motifs is 1. The molecular weight excluding hydrogens is 478 g/mol. The van der Waals surface area contributed by atoms with Crippen molar-refractivity contribution in [1.82, 2.24) is 5.32 Å². The number of rotatable bonds is 11. The van der Waals surface area contributed by atoms with Crippen LogP contribution in [0.25, 0.3) is 0 Å². The summed E-state index contributed by atoms with van der Waals surface area (Å²) in [5, 5.41) is 3.39. The predicted octanol–water partition coefficient (Wildman–Crippen LogP) is 4.79. The monoisotopic (exact) mass is 511 g/mol. The first kappa shape index (κ1) is 26.0.